The lowest BCUT2D eigenvalue weighted by Crippen LogP contribution is -2.28. The third kappa shape index (κ3) is 5.67. The van der Waals surface area contributed by atoms with E-state index < -0.39 is 0 Å². The number of aromatic nitrogens is 1. The van der Waals surface area contributed by atoms with Gasteiger partial charge in [0.15, 0.2) is 6.61 Å². The molecule has 0 saturated carbocycles. The van der Waals surface area contributed by atoms with Crippen LogP contribution in [0.4, 0.5) is 5.69 Å². The number of anilines is 1. The first-order valence-electron chi connectivity index (χ1n) is 8.45. The molecule has 6 heteroatoms. The molecule has 0 atom stereocenters. The van der Waals surface area contributed by atoms with Crippen molar-refractivity contribution in [3.8, 4) is 5.75 Å². The van der Waals surface area contributed by atoms with Gasteiger partial charge in [-0.3, -0.25) is 14.6 Å². The van der Waals surface area contributed by atoms with Crippen LogP contribution < -0.4 is 15.4 Å². The zero-order chi connectivity index (χ0) is 18.9. The van der Waals surface area contributed by atoms with Crippen LogP contribution in [-0.4, -0.2) is 23.4 Å². The minimum Gasteiger partial charge on any atom is -0.484 e. The topological polar surface area (TPSA) is 80.3 Å². The van der Waals surface area contributed by atoms with Gasteiger partial charge in [-0.2, -0.15) is 0 Å². The third-order valence-electron chi connectivity index (χ3n) is 3.74. The smallest absolute Gasteiger partial charge is 0.258 e. The van der Waals surface area contributed by atoms with Crippen molar-refractivity contribution in [3.05, 3.63) is 90.3 Å². The molecule has 136 valence electrons. The van der Waals surface area contributed by atoms with E-state index in [2.05, 4.69) is 15.6 Å². The van der Waals surface area contributed by atoms with Gasteiger partial charge < -0.3 is 15.4 Å². The number of carbonyl (C=O) groups excluding carboxylic acids is 2. The Labute approximate surface area is 157 Å². The standard InChI is InChI=1S/C21H19N3O3/c25-20(15-27-19-6-2-1-3-7-19)23-13-16-8-10-18(11-9-16)24-21(26)17-5-4-12-22-14-17/h1-12,14H,13,15H2,(H,23,25)(H,24,26). The number of nitrogens with one attached hydrogen (secondary N) is 2. The Morgan fingerprint density at radius 3 is 2.41 bits per heavy atom. The van der Waals surface area contributed by atoms with E-state index in [1.165, 1.54) is 6.20 Å². The average Bonchev–Trinajstić information content (AvgIpc) is 2.73. The minimum atomic E-state index is -0.220. The van der Waals surface area contributed by atoms with Crippen molar-refractivity contribution >= 4 is 17.5 Å². The zero-order valence-electron chi connectivity index (χ0n) is 14.6. The average molecular weight is 361 g/mol. The molecular weight excluding hydrogens is 342 g/mol. The van der Waals surface area contributed by atoms with Crippen LogP contribution in [0.15, 0.2) is 79.1 Å². The van der Waals surface area contributed by atoms with Crippen LogP contribution in [0.5, 0.6) is 5.75 Å². The van der Waals surface area contributed by atoms with E-state index in [0.717, 1.165) is 5.56 Å². The zero-order valence-corrected chi connectivity index (χ0v) is 14.6. The first kappa shape index (κ1) is 18.1. The Morgan fingerprint density at radius 1 is 0.926 bits per heavy atom. The van der Waals surface area contributed by atoms with Crippen molar-refractivity contribution in [1.82, 2.24) is 10.3 Å². The Bertz CT molecular complexity index is 882. The highest BCUT2D eigenvalue weighted by molar-refractivity contribution is 6.04. The number of benzene rings is 2. The molecule has 3 rings (SSSR count). The summed E-state index contributed by atoms with van der Waals surface area (Å²) in [7, 11) is 0. The Morgan fingerprint density at radius 2 is 1.70 bits per heavy atom. The Kier molecular flexibility index (Phi) is 6.14. The summed E-state index contributed by atoms with van der Waals surface area (Å²) in [6, 6.07) is 19.9. The maximum absolute atomic E-state index is 12.1. The number of nitrogens with zero attached hydrogens (tertiary/aromatic N) is 1. The van der Waals surface area contributed by atoms with Crippen molar-refractivity contribution in [2.75, 3.05) is 11.9 Å². The molecule has 0 radical (unpaired) electrons. The van der Waals surface area contributed by atoms with Crippen molar-refractivity contribution in [1.29, 1.82) is 0 Å². The van der Waals surface area contributed by atoms with Crippen LogP contribution >= 0.6 is 0 Å². The maximum Gasteiger partial charge on any atom is 0.258 e. The summed E-state index contributed by atoms with van der Waals surface area (Å²) >= 11 is 0. The molecule has 0 spiro atoms. The fourth-order valence-electron chi connectivity index (χ4n) is 2.32. The highest BCUT2D eigenvalue weighted by Gasteiger charge is 2.06. The lowest BCUT2D eigenvalue weighted by Gasteiger charge is -2.09. The normalized spacial score (nSPS) is 10.1. The van der Waals surface area contributed by atoms with Crippen LogP contribution in [0.2, 0.25) is 0 Å². The Hall–Kier alpha value is -3.67. The molecule has 0 unspecified atom stereocenters. The number of carbonyl (C=O) groups is 2. The van der Waals surface area contributed by atoms with Gasteiger partial charge in [-0.25, -0.2) is 0 Å². The van der Waals surface area contributed by atoms with E-state index in [4.69, 9.17) is 4.74 Å². The first-order valence-corrected chi connectivity index (χ1v) is 8.45. The molecule has 27 heavy (non-hydrogen) atoms. The monoisotopic (exact) mass is 361 g/mol. The van der Waals surface area contributed by atoms with E-state index >= 15 is 0 Å². The van der Waals surface area contributed by atoms with Crippen LogP contribution in [0.3, 0.4) is 0 Å². The number of amides is 2. The van der Waals surface area contributed by atoms with E-state index in [9.17, 15) is 9.59 Å². The summed E-state index contributed by atoms with van der Waals surface area (Å²) in [4.78, 5) is 27.9. The number of hydrogen-bond acceptors (Lipinski definition) is 4. The SMILES string of the molecule is O=C(COc1ccccc1)NCc1ccc(NC(=O)c2cccnc2)cc1. The van der Waals surface area contributed by atoms with Crippen molar-refractivity contribution in [3.63, 3.8) is 0 Å². The summed E-state index contributed by atoms with van der Waals surface area (Å²) in [5, 5.41) is 5.60. The molecule has 2 amide bonds. The molecular formula is C21H19N3O3. The molecule has 1 heterocycles. The summed E-state index contributed by atoms with van der Waals surface area (Å²) in [6.07, 6.45) is 3.13. The number of ether oxygens (including phenoxy) is 1. The van der Waals surface area contributed by atoms with Crippen LogP contribution in [-0.2, 0) is 11.3 Å². The minimum absolute atomic E-state index is 0.0384. The van der Waals surface area contributed by atoms with Gasteiger partial charge >= 0.3 is 0 Å². The molecule has 2 aromatic carbocycles. The van der Waals surface area contributed by atoms with E-state index in [1.807, 2.05) is 30.3 Å². The summed E-state index contributed by atoms with van der Waals surface area (Å²) < 4.78 is 5.40. The van der Waals surface area contributed by atoms with Gasteiger partial charge in [0.25, 0.3) is 11.8 Å². The fraction of sp³-hybridized carbons (Fsp3) is 0.0952. The molecule has 0 aliphatic carbocycles. The second-order valence-corrected chi connectivity index (χ2v) is 5.77. The molecule has 3 aromatic rings. The lowest BCUT2D eigenvalue weighted by atomic mass is 10.2. The Balaban J connectivity index is 1.45. The first-order chi connectivity index (χ1) is 13.2. The van der Waals surface area contributed by atoms with Crippen molar-refractivity contribution in [2.24, 2.45) is 0 Å². The van der Waals surface area contributed by atoms with E-state index in [1.54, 1.807) is 42.6 Å². The number of rotatable bonds is 7. The molecule has 6 nitrogen and oxygen atoms in total. The molecule has 0 bridgehead atoms. The second-order valence-electron chi connectivity index (χ2n) is 5.77. The predicted molar refractivity (Wildman–Crippen MR) is 102 cm³/mol. The highest BCUT2D eigenvalue weighted by atomic mass is 16.5. The molecule has 0 fully saturated rings. The third-order valence-corrected chi connectivity index (χ3v) is 3.74. The number of hydrogen-bond donors (Lipinski definition) is 2. The molecule has 2 N–H and O–H groups in total. The quantitative estimate of drug-likeness (QED) is 0.678. The van der Waals surface area contributed by atoms with Crippen LogP contribution in [0.1, 0.15) is 15.9 Å². The fourth-order valence-corrected chi connectivity index (χ4v) is 2.32. The van der Waals surface area contributed by atoms with Gasteiger partial charge in [0, 0.05) is 24.6 Å². The maximum atomic E-state index is 12.1. The van der Waals surface area contributed by atoms with Gasteiger partial charge in [-0.1, -0.05) is 30.3 Å². The predicted octanol–water partition coefficient (Wildman–Crippen LogP) is 3.03. The molecule has 1 aromatic heterocycles. The number of pyridine rings is 1. The van der Waals surface area contributed by atoms with Gasteiger partial charge in [-0.05, 0) is 42.0 Å². The lowest BCUT2D eigenvalue weighted by molar-refractivity contribution is -0.123. The van der Waals surface area contributed by atoms with Crippen LogP contribution in [0, 0.1) is 0 Å². The van der Waals surface area contributed by atoms with E-state index in [0.29, 0.717) is 23.5 Å². The van der Waals surface area contributed by atoms with Gasteiger partial charge in [0.1, 0.15) is 5.75 Å². The van der Waals surface area contributed by atoms with Gasteiger partial charge in [0.05, 0.1) is 5.56 Å². The highest BCUT2D eigenvalue weighted by Crippen LogP contribution is 2.11. The van der Waals surface area contributed by atoms with Crippen LogP contribution in [0.25, 0.3) is 0 Å². The summed E-state index contributed by atoms with van der Waals surface area (Å²) in [6.45, 7) is 0.344. The van der Waals surface area contributed by atoms with Crippen molar-refractivity contribution in [2.45, 2.75) is 6.54 Å². The van der Waals surface area contributed by atoms with Gasteiger partial charge in [0.2, 0.25) is 0 Å². The molecule has 0 aliphatic rings. The van der Waals surface area contributed by atoms with E-state index in [-0.39, 0.29) is 18.4 Å². The summed E-state index contributed by atoms with van der Waals surface area (Å²) in [5.41, 5.74) is 2.08. The largest absolute Gasteiger partial charge is 0.484 e. The second kappa shape index (κ2) is 9.15. The number of para-hydroxylation sites is 1. The summed E-state index contributed by atoms with van der Waals surface area (Å²) in [5.74, 6) is 0.233. The molecule has 0 aliphatic heterocycles. The van der Waals surface area contributed by atoms with Gasteiger partial charge in [-0.15, -0.1) is 0 Å². The molecule has 0 saturated heterocycles. The van der Waals surface area contributed by atoms with Crippen molar-refractivity contribution < 1.29 is 14.3 Å².